The lowest BCUT2D eigenvalue weighted by atomic mass is 9.73. The highest BCUT2D eigenvalue weighted by molar-refractivity contribution is 6.09. The smallest absolute Gasteiger partial charge is 0.212 e. The predicted octanol–water partition coefficient (Wildman–Crippen LogP) is 8.71. The van der Waals surface area contributed by atoms with E-state index in [1.54, 1.807) is 12.3 Å². The third kappa shape index (κ3) is 3.14. The van der Waals surface area contributed by atoms with E-state index in [2.05, 4.69) is 87.7 Å². The van der Waals surface area contributed by atoms with Crippen LogP contribution in [-0.2, 0) is 5.41 Å². The molecule has 39 heavy (non-hydrogen) atoms. The molecule has 2 aromatic heterocycles. The number of nitrogens with zero attached hydrogens (tertiary/aromatic N) is 5. The summed E-state index contributed by atoms with van der Waals surface area (Å²) in [6, 6.07) is 33.0. The van der Waals surface area contributed by atoms with E-state index in [0.29, 0.717) is 11.3 Å². The molecule has 0 spiro atoms. The molecule has 0 fully saturated rings. The van der Waals surface area contributed by atoms with E-state index >= 15 is 0 Å². The molecule has 1 aliphatic heterocycles. The number of aromatic nitrogens is 2. The highest BCUT2D eigenvalue weighted by Gasteiger charge is 2.37. The maximum Gasteiger partial charge on any atom is 0.212 e. The number of para-hydroxylation sites is 3. The number of anilines is 3. The molecular formula is C34H23N5. The van der Waals surface area contributed by atoms with Crippen molar-refractivity contribution in [2.75, 3.05) is 4.90 Å². The van der Waals surface area contributed by atoms with Crippen molar-refractivity contribution >= 4 is 44.6 Å². The highest BCUT2D eigenvalue weighted by atomic mass is 15.2. The lowest BCUT2D eigenvalue weighted by molar-refractivity contribution is 0.632. The Balaban J connectivity index is 1.59. The van der Waals surface area contributed by atoms with E-state index in [4.69, 9.17) is 6.57 Å². The van der Waals surface area contributed by atoms with Gasteiger partial charge in [-0.3, -0.25) is 4.98 Å². The molecule has 0 N–H and O–H groups in total. The minimum absolute atomic E-state index is 0.213. The van der Waals surface area contributed by atoms with E-state index in [-0.39, 0.29) is 5.41 Å². The Morgan fingerprint density at radius 1 is 0.769 bits per heavy atom. The molecule has 0 aliphatic carbocycles. The lowest BCUT2D eigenvalue weighted by Gasteiger charge is -2.42. The highest BCUT2D eigenvalue weighted by Crippen LogP contribution is 2.53. The Kier molecular flexibility index (Phi) is 4.86. The molecule has 6 aromatic rings. The van der Waals surface area contributed by atoms with Crippen molar-refractivity contribution < 1.29 is 0 Å². The zero-order chi connectivity index (χ0) is 26.7. The summed E-state index contributed by atoms with van der Waals surface area (Å²) >= 11 is 0. The van der Waals surface area contributed by atoms with Gasteiger partial charge < -0.3 is 9.47 Å². The molecule has 3 heterocycles. The fraction of sp³-hybridized carbons (Fsp3) is 0.0882. The van der Waals surface area contributed by atoms with Crippen LogP contribution in [-0.4, -0.2) is 9.55 Å². The van der Waals surface area contributed by atoms with Gasteiger partial charge in [0.1, 0.15) is 0 Å². The molecule has 0 saturated heterocycles. The summed E-state index contributed by atoms with van der Waals surface area (Å²) in [5.74, 6) is 0. The van der Waals surface area contributed by atoms with Crippen LogP contribution in [0.4, 0.5) is 22.7 Å². The van der Waals surface area contributed by atoms with Crippen LogP contribution in [0.3, 0.4) is 0 Å². The van der Waals surface area contributed by atoms with Crippen molar-refractivity contribution in [3.63, 3.8) is 0 Å². The van der Waals surface area contributed by atoms with Gasteiger partial charge in [-0.25, -0.2) is 4.85 Å². The van der Waals surface area contributed by atoms with Crippen molar-refractivity contribution in [1.82, 2.24) is 9.55 Å². The molecule has 0 atom stereocenters. The lowest BCUT2D eigenvalue weighted by Crippen LogP contribution is -2.30. The van der Waals surface area contributed by atoms with Crippen LogP contribution in [0.1, 0.15) is 30.5 Å². The van der Waals surface area contributed by atoms with Gasteiger partial charge in [-0.15, -0.1) is 0 Å². The van der Waals surface area contributed by atoms with Gasteiger partial charge in [0.15, 0.2) is 0 Å². The maximum absolute atomic E-state index is 10.3. The Hall–Kier alpha value is -5.39. The molecule has 5 heteroatoms. The largest absolute Gasteiger partial charge is 0.319 e. The first kappa shape index (κ1) is 22.8. The van der Waals surface area contributed by atoms with Crippen LogP contribution in [0.5, 0.6) is 0 Å². The minimum Gasteiger partial charge on any atom is -0.319 e. The summed E-state index contributed by atoms with van der Waals surface area (Å²) in [5, 5.41) is 12.4. The van der Waals surface area contributed by atoms with E-state index in [1.807, 2.05) is 42.6 Å². The molecule has 5 nitrogen and oxygen atoms in total. The number of hydrogen-bond acceptors (Lipinski definition) is 3. The summed E-state index contributed by atoms with van der Waals surface area (Å²) < 4.78 is 2.12. The third-order valence-electron chi connectivity index (χ3n) is 7.93. The van der Waals surface area contributed by atoms with Gasteiger partial charge in [0.05, 0.1) is 52.0 Å². The first-order valence-corrected chi connectivity index (χ1v) is 12.8. The molecule has 0 unspecified atom stereocenters. The van der Waals surface area contributed by atoms with Crippen LogP contribution in [0.25, 0.3) is 32.3 Å². The summed E-state index contributed by atoms with van der Waals surface area (Å²) in [6.07, 6.45) is 3.65. The summed E-state index contributed by atoms with van der Waals surface area (Å²) in [6.45, 7) is 12.5. The quantitative estimate of drug-likeness (QED) is 0.223. The van der Waals surface area contributed by atoms with Crippen LogP contribution in [0.15, 0.2) is 103 Å². The van der Waals surface area contributed by atoms with Crippen molar-refractivity contribution in [1.29, 1.82) is 5.26 Å². The Bertz CT molecular complexity index is 1930. The maximum atomic E-state index is 10.3. The summed E-state index contributed by atoms with van der Waals surface area (Å²) in [7, 11) is 0. The fourth-order valence-corrected chi connectivity index (χ4v) is 6.11. The molecule has 0 bridgehead atoms. The molecule has 0 saturated carbocycles. The second kappa shape index (κ2) is 8.31. The Morgan fingerprint density at radius 2 is 1.41 bits per heavy atom. The molecular weight excluding hydrogens is 478 g/mol. The van der Waals surface area contributed by atoms with Crippen LogP contribution in [0, 0.1) is 17.9 Å². The number of benzene rings is 4. The number of nitriles is 1. The molecule has 1 aliphatic rings. The summed E-state index contributed by atoms with van der Waals surface area (Å²) in [5.41, 5.74) is 8.54. The first-order chi connectivity index (χ1) is 19.0. The average Bonchev–Trinajstić information content (AvgIpc) is 3.31. The third-order valence-corrected chi connectivity index (χ3v) is 7.93. The van der Waals surface area contributed by atoms with Gasteiger partial charge in [0.2, 0.25) is 5.69 Å². The molecule has 7 rings (SSSR count). The van der Waals surface area contributed by atoms with Crippen molar-refractivity contribution in [3.05, 3.63) is 131 Å². The summed E-state index contributed by atoms with van der Waals surface area (Å²) in [4.78, 5) is 10.4. The van der Waals surface area contributed by atoms with E-state index < -0.39 is 0 Å². The van der Waals surface area contributed by atoms with Gasteiger partial charge in [0, 0.05) is 28.6 Å². The first-order valence-electron chi connectivity index (χ1n) is 12.8. The van der Waals surface area contributed by atoms with E-state index in [1.165, 1.54) is 11.1 Å². The van der Waals surface area contributed by atoms with Gasteiger partial charge >= 0.3 is 0 Å². The SMILES string of the molecule is [C-]#[N+]c1cc(C#N)c(N2c3ccccc3C(C)(C)c3ccccc32)cc1-n1c2ccccc2c2cnccc21. The average molecular weight is 502 g/mol. The number of hydrogen-bond donors (Lipinski definition) is 0. The monoisotopic (exact) mass is 501 g/mol. The fourth-order valence-electron chi connectivity index (χ4n) is 6.11. The van der Waals surface area contributed by atoms with Gasteiger partial charge in [-0.05, 0) is 47.5 Å². The number of rotatable bonds is 2. The van der Waals surface area contributed by atoms with Gasteiger partial charge in [-0.2, -0.15) is 5.26 Å². The molecule has 0 amide bonds. The Labute approximate surface area is 226 Å². The minimum atomic E-state index is -0.213. The number of pyridine rings is 1. The van der Waals surface area contributed by atoms with Crippen molar-refractivity contribution in [2.24, 2.45) is 0 Å². The molecule has 4 aromatic carbocycles. The predicted molar refractivity (Wildman–Crippen MR) is 156 cm³/mol. The van der Waals surface area contributed by atoms with Crippen LogP contribution < -0.4 is 4.90 Å². The van der Waals surface area contributed by atoms with Crippen LogP contribution >= 0.6 is 0 Å². The second-order valence-corrected chi connectivity index (χ2v) is 10.3. The van der Waals surface area contributed by atoms with Crippen molar-refractivity contribution in [2.45, 2.75) is 19.3 Å². The van der Waals surface area contributed by atoms with E-state index in [0.717, 1.165) is 44.6 Å². The topological polar surface area (TPSA) is 49.2 Å². The normalized spacial score (nSPS) is 13.5. The Morgan fingerprint density at radius 3 is 2.10 bits per heavy atom. The molecule has 0 radical (unpaired) electrons. The standard InChI is InChI=1S/C34H23N5/c1-34(2)25-11-5-8-14-30(25)39(31-15-9-6-12-26(31)34)32-19-33(27(36-3)18-22(32)20-35)38-28-13-7-4-10-23(28)24-21-37-17-16-29(24)38/h4-19,21H,1-2H3. The van der Waals surface area contributed by atoms with Gasteiger partial charge in [0.25, 0.3) is 0 Å². The molecule has 184 valence electrons. The van der Waals surface area contributed by atoms with Gasteiger partial charge in [-0.1, -0.05) is 68.4 Å². The second-order valence-electron chi connectivity index (χ2n) is 10.3. The number of fused-ring (bicyclic) bond motifs is 5. The zero-order valence-corrected chi connectivity index (χ0v) is 21.6. The van der Waals surface area contributed by atoms with Crippen LogP contribution in [0.2, 0.25) is 0 Å². The zero-order valence-electron chi connectivity index (χ0n) is 21.6. The van der Waals surface area contributed by atoms with E-state index in [9.17, 15) is 5.26 Å². The van der Waals surface area contributed by atoms with Crippen molar-refractivity contribution in [3.8, 4) is 11.8 Å².